The van der Waals surface area contributed by atoms with Crippen LogP contribution in [0.1, 0.15) is 11.4 Å². The maximum Gasteiger partial charge on any atom is 0.310 e. The first-order valence-corrected chi connectivity index (χ1v) is 7.38. The van der Waals surface area contributed by atoms with E-state index in [0.717, 1.165) is 11.1 Å². The summed E-state index contributed by atoms with van der Waals surface area (Å²) in [6, 6.07) is 14.4. The van der Waals surface area contributed by atoms with Gasteiger partial charge in [0, 0.05) is 18.7 Å². The number of nitro groups is 1. The summed E-state index contributed by atoms with van der Waals surface area (Å²) in [6.45, 7) is 1.95. The van der Waals surface area contributed by atoms with E-state index < -0.39 is 4.92 Å². The van der Waals surface area contributed by atoms with Crippen LogP contribution in [0.4, 0.5) is 5.69 Å². The van der Waals surface area contributed by atoms with Gasteiger partial charge in [0.15, 0.2) is 17.4 Å². The minimum atomic E-state index is -0.457. The summed E-state index contributed by atoms with van der Waals surface area (Å²) in [5.74, 6) is 1.53. The Morgan fingerprint density at radius 1 is 1.17 bits per heavy atom. The molecule has 3 aromatic rings. The monoisotopic (exact) mass is 324 g/mol. The quantitative estimate of drug-likeness (QED) is 0.531. The van der Waals surface area contributed by atoms with E-state index in [2.05, 4.69) is 10.2 Å². The molecule has 0 aliphatic carbocycles. The predicted octanol–water partition coefficient (Wildman–Crippen LogP) is 3.28. The van der Waals surface area contributed by atoms with Crippen molar-refractivity contribution in [2.75, 3.05) is 0 Å². The topological polar surface area (TPSA) is 83.1 Å². The Balaban J connectivity index is 1.83. The van der Waals surface area contributed by atoms with Crippen LogP contribution >= 0.6 is 0 Å². The van der Waals surface area contributed by atoms with Crippen molar-refractivity contribution in [3.05, 3.63) is 70.0 Å². The highest BCUT2D eigenvalue weighted by Crippen LogP contribution is 2.28. The Hall–Kier alpha value is -3.22. The van der Waals surface area contributed by atoms with Gasteiger partial charge >= 0.3 is 5.69 Å². The molecule has 122 valence electrons. The van der Waals surface area contributed by atoms with Crippen LogP contribution in [0.3, 0.4) is 0 Å². The first-order chi connectivity index (χ1) is 11.6. The van der Waals surface area contributed by atoms with Gasteiger partial charge in [0.2, 0.25) is 0 Å². The molecule has 0 spiro atoms. The lowest BCUT2D eigenvalue weighted by atomic mass is 10.2. The van der Waals surface area contributed by atoms with Crippen molar-refractivity contribution in [1.82, 2.24) is 14.8 Å². The maximum atomic E-state index is 11.1. The molecule has 0 N–H and O–H groups in total. The van der Waals surface area contributed by atoms with Crippen LogP contribution in [-0.2, 0) is 13.7 Å². The highest BCUT2D eigenvalue weighted by atomic mass is 16.6. The van der Waals surface area contributed by atoms with E-state index in [1.165, 1.54) is 6.07 Å². The van der Waals surface area contributed by atoms with Crippen LogP contribution < -0.4 is 4.74 Å². The molecular formula is C17H16N4O3. The lowest BCUT2D eigenvalue weighted by Gasteiger charge is -2.08. The molecule has 0 saturated carbocycles. The molecule has 2 aromatic carbocycles. The highest BCUT2D eigenvalue weighted by Gasteiger charge is 2.17. The molecule has 3 rings (SSSR count). The number of ether oxygens (including phenoxy) is 1. The molecule has 0 bridgehead atoms. The smallest absolute Gasteiger partial charge is 0.310 e. The number of nitrogens with zero attached hydrogens (tertiary/aromatic N) is 4. The zero-order valence-electron chi connectivity index (χ0n) is 13.3. The first kappa shape index (κ1) is 15.7. The Bertz CT molecular complexity index is 875. The Labute approximate surface area is 138 Å². The molecule has 7 nitrogen and oxygen atoms in total. The first-order valence-electron chi connectivity index (χ1n) is 7.38. The second kappa shape index (κ2) is 6.49. The van der Waals surface area contributed by atoms with E-state index >= 15 is 0 Å². The zero-order valence-corrected chi connectivity index (χ0v) is 13.3. The minimum absolute atomic E-state index is 0.0638. The molecule has 0 fully saturated rings. The average molecular weight is 324 g/mol. The lowest BCUT2D eigenvalue weighted by molar-refractivity contribution is -0.386. The van der Waals surface area contributed by atoms with Gasteiger partial charge in [-0.15, -0.1) is 10.2 Å². The largest absolute Gasteiger partial charge is 0.479 e. The molecule has 0 radical (unpaired) electrons. The van der Waals surface area contributed by atoms with E-state index in [4.69, 9.17) is 4.74 Å². The van der Waals surface area contributed by atoms with Gasteiger partial charge in [-0.2, -0.15) is 0 Å². The standard InChI is InChI=1S/C17H16N4O3/c1-12-8-9-14(21(22)23)15(10-12)24-11-16-18-19-17(20(16)2)13-6-4-3-5-7-13/h3-10H,11H2,1-2H3. The third-order valence-electron chi connectivity index (χ3n) is 3.67. The number of aryl methyl sites for hydroxylation is 1. The number of benzene rings is 2. The van der Waals surface area contributed by atoms with Gasteiger partial charge in [-0.3, -0.25) is 10.1 Å². The summed E-state index contributed by atoms with van der Waals surface area (Å²) in [5, 5.41) is 19.4. The van der Waals surface area contributed by atoms with Gasteiger partial charge in [-0.05, 0) is 18.6 Å². The SMILES string of the molecule is Cc1ccc([N+](=O)[O-])c(OCc2nnc(-c3ccccc3)n2C)c1. The third-order valence-corrected chi connectivity index (χ3v) is 3.67. The average Bonchev–Trinajstić information content (AvgIpc) is 2.94. The van der Waals surface area contributed by atoms with Crippen molar-refractivity contribution in [1.29, 1.82) is 0 Å². The molecule has 1 heterocycles. The molecule has 0 amide bonds. The molecule has 0 atom stereocenters. The van der Waals surface area contributed by atoms with Crippen LogP contribution in [-0.4, -0.2) is 19.7 Å². The van der Waals surface area contributed by atoms with E-state index in [0.29, 0.717) is 11.6 Å². The van der Waals surface area contributed by atoms with E-state index in [-0.39, 0.29) is 18.0 Å². The fourth-order valence-corrected chi connectivity index (χ4v) is 2.36. The van der Waals surface area contributed by atoms with E-state index in [1.807, 2.05) is 48.9 Å². The molecule has 0 aliphatic rings. The summed E-state index contributed by atoms with van der Waals surface area (Å²) in [4.78, 5) is 10.6. The summed E-state index contributed by atoms with van der Waals surface area (Å²) in [6.07, 6.45) is 0. The predicted molar refractivity (Wildman–Crippen MR) is 88.6 cm³/mol. The molecular weight excluding hydrogens is 308 g/mol. The van der Waals surface area contributed by atoms with Crippen LogP contribution in [0.15, 0.2) is 48.5 Å². The number of hydrogen-bond donors (Lipinski definition) is 0. The molecule has 0 unspecified atom stereocenters. The van der Waals surface area contributed by atoms with Gasteiger partial charge in [-0.1, -0.05) is 36.4 Å². The summed E-state index contributed by atoms with van der Waals surface area (Å²) >= 11 is 0. The number of nitro benzene ring substituents is 1. The van der Waals surface area contributed by atoms with E-state index in [9.17, 15) is 10.1 Å². The normalized spacial score (nSPS) is 10.6. The Kier molecular flexibility index (Phi) is 4.24. The summed E-state index contributed by atoms with van der Waals surface area (Å²) in [7, 11) is 1.84. The van der Waals surface area contributed by atoms with Crippen LogP contribution in [0, 0.1) is 17.0 Å². The minimum Gasteiger partial charge on any atom is -0.479 e. The maximum absolute atomic E-state index is 11.1. The second-order valence-corrected chi connectivity index (χ2v) is 5.38. The van der Waals surface area contributed by atoms with Crippen molar-refractivity contribution < 1.29 is 9.66 Å². The van der Waals surface area contributed by atoms with Gasteiger partial charge in [0.05, 0.1) is 4.92 Å². The van der Waals surface area contributed by atoms with Crippen molar-refractivity contribution in [3.8, 4) is 17.1 Å². The number of rotatable bonds is 5. The molecule has 1 aromatic heterocycles. The third kappa shape index (κ3) is 3.10. The van der Waals surface area contributed by atoms with Crippen molar-refractivity contribution in [2.24, 2.45) is 7.05 Å². The van der Waals surface area contributed by atoms with Gasteiger partial charge in [0.1, 0.15) is 6.61 Å². The summed E-state index contributed by atoms with van der Waals surface area (Å²) < 4.78 is 7.45. The highest BCUT2D eigenvalue weighted by molar-refractivity contribution is 5.54. The fraction of sp³-hybridized carbons (Fsp3) is 0.176. The molecule has 7 heteroatoms. The van der Waals surface area contributed by atoms with Gasteiger partial charge in [0.25, 0.3) is 0 Å². The molecule has 0 aliphatic heterocycles. The second-order valence-electron chi connectivity index (χ2n) is 5.38. The van der Waals surface area contributed by atoms with Gasteiger partial charge in [-0.25, -0.2) is 0 Å². The van der Waals surface area contributed by atoms with Crippen LogP contribution in [0.25, 0.3) is 11.4 Å². The van der Waals surface area contributed by atoms with Crippen LogP contribution in [0.5, 0.6) is 5.75 Å². The Morgan fingerprint density at radius 2 is 1.92 bits per heavy atom. The number of hydrogen-bond acceptors (Lipinski definition) is 5. The zero-order chi connectivity index (χ0) is 17.1. The van der Waals surface area contributed by atoms with Crippen molar-refractivity contribution in [3.63, 3.8) is 0 Å². The van der Waals surface area contributed by atoms with Crippen LogP contribution in [0.2, 0.25) is 0 Å². The van der Waals surface area contributed by atoms with Crippen molar-refractivity contribution in [2.45, 2.75) is 13.5 Å². The van der Waals surface area contributed by atoms with Gasteiger partial charge < -0.3 is 9.30 Å². The molecule has 0 saturated heterocycles. The summed E-state index contributed by atoms with van der Waals surface area (Å²) in [5.41, 5.74) is 1.77. The van der Waals surface area contributed by atoms with E-state index in [1.54, 1.807) is 12.1 Å². The Morgan fingerprint density at radius 3 is 2.62 bits per heavy atom. The molecule has 24 heavy (non-hydrogen) atoms. The lowest BCUT2D eigenvalue weighted by Crippen LogP contribution is -2.05. The number of aromatic nitrogens is 3. The van der Waals surface area contributed by atoms with Crippen molar-refractivity contribution >= 4 is 5.69 Å². The fourth-order valence-electron chi connectivity index (χ4n) is 2.36.